The van der Waals surface area contributed by atoms with Crippen LogP contribution in [0.25, 0.3) is 0 Å². The molecule has 0 spiro atoms. The fraction of sp³-hybridized carbons (Fsp3) is 0.333. The molecule has 2 aromatic carbocycles. The number of nitrogens with zero attached hydrogens (tertiary/aromatic N) is 2. The van der Waals surface area contributed by atoms with E-state index in [1.165, 1.54) is 29.2 Å². The summed E-state index contributed by atoms with van der Waals surface area (Å²) >= 11 is 24.2. The zero-order valence-electron chi connectivity index (χ0n) is 18.1. The summed E-state index contributed by atoms with van der Waals surface area (Å²) in [6, 6.07) is 8.10. The molecule has 7 nitrogen and oxygen atoms in total. The summed E-state index contributed by atoms with van der Waals surface area (Å²) in [5.41, 5.74) is 0.710. The second-order valence-electron chi connectivity index (χ2n) is 7.20. The van der Waals surface area contributed by atoms with E-state index in [9.17, 15) is 18.0 Å². The first-order chi connectivity index (χ1) is 15.3. The summed E-state index contributed by atoms with van der Waals surface area (Å²) < 4.78 is 25.9. The van der Waals surface area contributed by atoms with Crippen molar-refractivity contribution in [3.63, 3.8) is 0 Å². The van der Waals surface area contributed by atoms with Crippen LogP contribution in [0.4, 0.5) is 5.69 Å². The summed E-state index contributed by atoms with van der Waals surface area (Å²) in [6.07, 6.45) is 0.969. The van der Waals surface area contributed by atoms with Crippen LogP contribution in [0.2, 0.25) is 20.1 Å². The Morgan fingerprint density at radius 2 is 1.67 bits per heavy atom. The maximum atomic E-state index is 13.4. The lowest BCUT2D eigenvalue weighted by Crippen LogP contribution is -2.51. The molecule has 2 aromatic rings. The largest absolute Gasteiger partial charge is 0.355 e. The highest BCUT2D eigenvalue weighted by Gasteiger charge is 2.30. The Hall–Kier alpha value is -1.71. The average Bonchev–Trinajstić information content (AvgIpc) is 2.72. The first-order valence-electron chi connectivity index (χ1n) is 9.79. The summed E-state index contributed by atoms with van der Waals surface area (Å²) in [7, 11) is -3.88. The van der Waals surface area contributed by atoms with Gasteiger partial charge in [0, 0.05) is 23.1 Å². The van der Waals surface area contributed by atoms with Gasteiger partial charge in [-0.05, 0) is 49.7 Å². The van der Waals surface area contributed by atoms with Crippen LogP contribution in [0.15, 0.2) is 36.4 Å². The molecule has 1 atom stereocenters. The number of rotatable bonds is 9. The smallest absolute Gasteiger partial charge is 0.244 e. The third kappa shape index (κ3) is 7.39. The SMILES string of the molecule is CCNC(=O)[C@@H](C)N(Cc1ccc(Cl)cc1Cl)C(=O)CN(c1ccc(Cl)c(Cl)c1)S(C)(=O)=O. The Kier molecular flexibility index (Phi) is 9.70. The molecule has 0 aliphatic rings. The number of carbonyl (C=O) groups excluding carboxylic acids is 2. The molecule has 0 bridgehead atoms. The Labute approximate surface area is 213 Å². The van der Waals surface area contributed by atoms with Gasteiger partial charge < -0.3 is 10.2 Å². The molecule has 0 aromatic heterocycles. The number of carbonyl (C=O) groups is 2. The van der Waals surface area contributed by atoms with E-state index in [1.54, 1.807) is 26.0 Å². The van der Waals surface area contributed by atoms with Gasteiger partial charge in [0.1, 0.15) is 12.6 Å². The summed E-state index contributed by atoms with van der Waals surface area (Å²) in [5, 5.41) is 3.77. The maximum absolute atomic E-state index is 13.4. The van der Waals surface area contributed by atoms with Crippen molar-refractivity contribution in [1.82, 2.24) is 10.2 Å². The van der Waals surface area contributed by atoms with Crippen LogP contribution < -0.4 is 9.62 Å². The number of halogens is 4. The second kappa shape index (κ2) is 11.6. The predicted octanol–water partition coefficient (Wildman–Crippen LogP) is 4.62. The monoisotopic (exact) mass is 553 g/mol. The quantitative estimate of drug-likeness (QED) is 0.490. The van der Waals surface area contributed by atoms with E-state index in [4.69, 9.17) is 46.4 Å². The molecule has 1 N–H and O–H groups in total. The molecule has 0 saturated heterocycles. The predicted molar refractivity (Wildman–Crippen MR) is 134 cm³/mol. The van der Waals surface area contributed by atoms with Gasteiger partial charge in [-0.15, -0.1) is 0 Å². The number of hydrogen-bond acceptors (Lipinski definition) is 4. The molecule has 2 amide bonds. The maximum Gasteiger partial charge on any atom is 0.244 e. The summed E-state index contributed by atoms with van der Waals surface area (Å²) in [5.74, 6) is -1.01. The van der Waals surface area contributed by atoms with Crippen LogP contribution in [0.1, 0.15) is 19.4 Å². The number of sulfonamides is 1. The average molecular weight is 555 g/mol. The molecule has 2 rings (SSSR count). The van der Waals surface area contributed by atoms with Crippen molar-refractivity contribution in [3.8, 4) is 0 Å². The minimum absolute atomic E-state index is 0.0356. The number of amides is 2. The highest BCUT2D eigenvalue weighted by atomic mass is 35.5. The van der Waals surface area contributed by atoms with Gasteiger partial charge in [0.15, 0.2) is 0 Å². The first-order valence-corrected chi connectivity index (χ1v) is 13.1. The van der Waals surface area contributed by atoms with Gasteiger partial charge in [0.05, 0.1) is 22.0 Å². The molecule has 0 saturated carbocycles. The Balaban J connectivity index is 2.43. The van der Waals surface area contributed by atoms with Gasteiger partial charge in [-0.2, -0.15) is 0 Å². The zero-order valence-corrected chi connectivity index (χ0v) is 22.0. The van der Waals surface area contributed by atoms with E-state index >= 15 is 0 Å². The Bertz CT molecular complexity index is 1140. The van der Waals surface area contributed by atoms with Crippen molar-refractivity contribution in [2.24, 2.45) is 0 Å². The zero-order chi connectivity index (χ0) is 24.9. The Morgan fingerprint density at radius 1 is 1.00 bits per heavy atom. The number of nitrogens with one attached hydrogen (secondary N) is 1. The highest BCUT2D eigenvalue weighted by Crippen LogP contribution is 2.29. The van der Waals surface area contributed by atoms with Crippen molar-refractivity contribution in [2.75, 3.05) is 23.7 Å². The summed E-state index contributed by atoms with van der Waals surface area (Å²) in [6.45, 7) is 3.07. The van der Waals surface area contributed by atoms with E-state index < -0.39 is 34.4 Å². The fourth-order valence-corrected chi connectivity index (χ4v) is 4.59. The molecule has 12 heteroatoms. The molecule has 33 heavy (non-hydrogen) atoms. The van der Waals surface area contributed by atoms with E-state index in [0.717, 1.165) is 10.6 Å². The van der Waals surface area contributed by atoms with Gasteiger partial charge >= 0.3 is 0 Å². The van der Waals surface area contributed by atoms with E-state index in [0.29, 0.717) is 22.2 Å². The van der Waals surface area contributed by atoms with Gasteiger partial charge in [-0.25, -0.2) is 8.42 Å². The molecular weight excluding hydrogens is 532 g/mol. The Morgan fingerprint density at radius 3 is 2.21 bits per heavy atom. The van der Waals surface area contributed by atoms with Gasteiger partial charge in [-0.1, -0.05) is 52.5 Å². The number of benzene rings is 2. The van der Waals surface area contributed by atoms with Gasteiger partial charge in [0.25, 0.3) is 0 Å². The molecular formula is C21H23Cl4N3O4S. The summed E-state index contributed by atoms with van der Waals surface area (Å²) in [4.78, 5) is 27.2. The molecule has 0 aliphatic heterocycles. The third-order valence-electron chi connectivity index (χ3n) is 4.74. The van der Waals surface area contributed by atoms with Crippen molar-refractivity contribution in [1.29, 1.82) is 0 Å². The van der Waals surface area contributed by atoms with Crippen molar-refractivity contribution in [2.45, 2.75) is 26.4 Å². The molecule has 0 heterocycles. The lowest BCUT2D eigenvalue weighted by atomic mass is 10.1. The van der Waals surface area contributed by atoms with Crippen LogP contribution in [-0.2, 0) is 26.2 Å². The van der Waals surface area contributed by atoms with Crippen LogP contribution in [0.3, 0.4) is 0 Å². The number of anilines is 1. The van der Waals surface area contributed by atoms with E-state index in [1.807, 2.05) is 0 Å². The van der Waals surface area contributed by atoms with Crippen LogP contribution in [-0.4, -0.2) is 50.5 Å². The van der Waals surface area contributed by atoms with Gasteiger partial charge in [0.2, 0.25) is 21.8 Å². The van der Waals surface area contributed by atoms with Crippen LogP contribution in [0, 0.1) is 0 Å². The molecule has 0 unspecified atom stereocenters. The van der Waals surface area contributed by atoms with Gasteiger partial charge in [-0.3, -0.25) is 13.9 Å². The van der Waals surface area contributed by atoms with E-state index in [-0.39, 0.29) is 22.3 Å². The minimum Gasteiger partial charge on any atom is -0.355 e. The van der Waals surface area contributed by atoms with E-state index in [2.05, 4.69) is 5.32 Å². The fourth-order valence-electron chi connectivity index (χ4n) is 2.99. The molecule has 0 fully saturated rings. The molecule has 0 radical (unpaired) electrons. The molecule has 0 aliphatic carbocycles. The van der Waals surface area contributed by atoms with Crippen LogP contribution in [0.5, 0.6) is 0 Å². The van der Waals surface area contributed by atoms with Crippen LogP contribution >= 0.6 is 46.4 Å². The normalized spacial score (nSPS) is 12.2. The topological polar surface area (TPSA) is 86.8 Å². The van der Waals surface area contributed by atoms with Crippen molar-refractivity contribution in [3.05, 3.63) is 62.1 Å². The number of likely N-dealkylation sites (N-methyl/N-ethyl adjacent to an activating group) is 1. The first kappa shape index (κ1) is 27.5. The lowest BCUT2D eigenvalue weighted by molar-refractivity contribution is -0.139. The third-order valence-corrected chi connectivity index (χ3v) is 7.21. The molecule has 180 valence electrons. The lowest BCUT2D eigenvalue weighted by Gasteiger charge is -2.31. The minimum atomic E-state index is -3.88. The standard InChI is InChI=1S/C21H23Cl4N3O4S/c1-4-26-21(30)13(2)27(11-14-5-6-15(22)9-18(14)24)20(29)12-28(33(3,31)32)16-7-8-17(23)19(25)10-16/h5-10,13H,4,11-12H2,1-3H3,(H,26,30)/t13-/m1/s1. The highest BCUT2D eigenvalue weighted by molar-refractivity contribution is 7.92. The second-order valence-corrected chi connectivity index (χ2v) is 10.8. The number of hydrogen-bond donors (Lipinski definition) is 1. The van der Waals surface area contributed by atoms with Crippen molar-refractivity contribution < 1.29 is 18.0 Å². The van der Waals surface area contributed by atoms with Crippen molar-refractivity contribution >= 4 is 73.9 Å².